The predicted molar refractivity (Wildman–Crippen MR) is 78.6 cm³/mol. The van der Waals surface area contributed by atoms with E-state index in [2.05, 4.69) is 21.2 Å². The van der Waals surface area contributed by atoms with Crippen molar-refractivity contribution in [3.63, 3.8) is 0 Å². The highest BCUT2D eigenvalue weighted by Crippen LogP contribution is 2.24. The van der Waals surface area contributed by atoms with Gasteiger partial charge in [-0.05, 0) is 31.0 Å². The molecule has 0 aliphatic rings. The minimum atomic E-state index is -0.574. The average molecular weight is 330 g/mol. The summed E-state index contributed by atoms with van der Waals surface area (Å²) in [6.45, 7) is 3.81. The summed E-state index contributed by atoms with van der Waals surface area (Å²) in [6, 6.07) is 5.23. The molecule has 19 heavy (non-hydrogen) atoms. The van der Waals surface area contributed by atoms with Crippen molar-refractivity contribution in [1.82, 2.24) is 5.32 Å². The van der Waals surface area contributed by atoms with Crippen molar-refractivity contribution in [1.29, 1.82) is 0 Å². The largest absolute Gasteiger partial charge is 0.496 e. The molecule has 1 amide bonds. The number of methoxy groups -OCH3 is 1. The van der Waals surface area contributed by atoms with E-state index in [1.807, 2.05) is 13.8 Å². The molecule has 0 spiro atoms. The molecule has 0 saturated heterocycles. The lowest BCUT2D eigenvalue weighted by Crippen LogP contribution is -2.50. The van der Waals surface area contributed by atoms with Gasteiger partial charge in [-0.25, -0.2) is 0 Å². The first kappa shape index (κ1) is 16.0. The van der Waals surface area contributed by atoms with E-state index in [9.17, 15) is 9.90 Å². The number of benzene rings is 1. The quantitative estimate of drug-likeness (QED) is 0.843. The van der Waals surface area contributed by atoms with Gasteiger partial charge in [0.15, 0.2) is 0 Å². The molecule has 0 saturated carbocycles. The second-order valence-corrected chi connectivity index (χ2v) is 5.36. The molecule has 5 heteroatoms. The van der Waals surface area contributed by atoms with Crippen molar-refractivity contribution < 1.29 is 14.6 Å². The summed E-state index contributed by atoms with van der Waals surface area (Å²) in [5.41, 5.74) is -0.111. The monoisotopic (exact) mass is 329 g/mol. The van der Waals surface area contributed by atoms with Crippen molar-refractivity contribution in [2.45, 2.75) is 32.2 Å². The Balaban J connectivity index is 3.01. The number of ether oxygens (including phenoxy) is 1. The van der Waals surface area contributed by atoms with Gasteiger partial charge in [-0.15, -0.1) is 0 Å². The van der Waals surface area contributed by atoms with Crippen molar-refractivity contribution in [3.8, 4) is 5.75 Å². The molecule has 1 rings (SSSR count). The third kappa shape index (κ3) is 3.70. The number of halogens is 1. The summed E-state index contributed by atoms with van der Waals surface area (Å²) in [6.07, 6.45) is 1.34. The molecular formula is C14H20BrNO3. The van der Waals surface area contributed by atoms with Gasteiger partial charge in [-0.2, -0.15) is 0 Å². The Labute approximate surface area is 122 Å². The molecule has 2 N–H and O–H groups in total. The van der Waals surface area contributed by atoms with E-state index in [4.69, 9.17) is 4.74 Å². The van der Waals surface area contributed by atoms with Crippen LogP contribution in [0.15, 0.2) is 22.7 Å². The normalized spacial score (nSPS) is 11.2. The van der Waals surface area contributed by atoms with E-state index < -0.39 is 5.54 Å². The van der Waals surface area contributed by atoms with Crippen LogP contribution in [-0.4, -0.2) is 30.3 Å². The van der Waals surface area contributed by atoms with Crippen molar-refractivity contribution in [2.75, 3.05) is 13.7 Å². The highest BCUT2D eigenvalue weighted by Gasteiger charge is 2.28. The van der Waals surface area contributed by atoms with Crippen LogP contribution >= 0.6 is 15.9 Å². The van der Waals surface area contributed by atoms with Gasteiger partial charge >= 0.3 is 0 Å². The number of carbonyl (C=O) groups is 1. The average Bonchev–Trinajstić information content (AvgIpc) is 2.44. The van der Waals surface area contributed by atoms with E-state index in [0.717, 1.165) is 4.47 Å². The molecule has 0 bridgehead atoms. The van der Waals surface area contributed by atoms with Gasteiger partial charge in [0.2, 0.25) is 0 Å². The molecule has 0 heterocycles. The maximum absolute atomic E-state index is 12.3. The zero-order valence-corrected chi connectivity index (χ0v) is 13.1. The van der Waals surface area contributed by atoms with Crippen LogP contribution in [-0.2, 0) is 0 Å². The van der Waals surface area contributed by atoms with Gasteiger partial charge in [-0.3, -0.25) is 4.79 Å². The highest BCUT2D eigenvalue weighted by atomic mass is 79.9. The maximum Gasteiger partial charge on any atom is 0.255 e. The predicted octanol–water partition coefficient (Wildman–Crippen LogP) is 2.74. The van der Waals surface area contributed by atoms with Gasteiger partial charge < -0.3 is 15.2 Å². The van der Waals surface area contributed by atoms with Crippen LogP contribution in [0.5, 0.6) is 5.75 Å². The van der Waals surface area contributed by atoms with Crippen LogP contribution < -0.4 is 10.1 Å². The Morgan fingerprint density at radius 2 is 2.05 bits per heavy atom. The Morgan fingerprint density at radius 3 is 2.53 bits per heavy atom. The first-order valence-corrected chi connectivity index (χ1v) is 7.08. The number of aliphatic hydroxyl groups is 1. The lowest BCUT2D eigenvalue weighted by molar-refractivity contribution is 0.0815. The lowest BCUT2D eigenvalue weighted by Gasteiger charge is -2.31. The van der Waals surface area contributed by atoms with E-state index in [-0.39, 0.29) is 12.5 Å². The minimum Gasteiger partial charge on any atom is -0.496 e. The fourth-order valence-corrected chi connectivity index (χ4v) is 2.19. The lowest BCUT2D eigenvalue weighted by atomic mass is 9.93. The molecule has 0 radical (unpaired) electrons. The Morgan fingerprint density at radius 1 is 1.42 bits per heavy atom. The third-order valence-corrected chi connectivity index (χ3v) is 3.94. The number of hydrogen-bond acceptors (Lipinski definition) is 3. The number of aliphatic hydroxyl groups excluding tert-OH is 1. The number of amides is 1. The third-order valence-electron chi connectivity index (χ3n) is 3.44. The van der Waals surface area contributed by atoms with Gasteiger partial charge in [0.05, 0.1) is 24.8 Å². The molecule has 0 unspecified atom stereocenters. The number of carbonyl (C=O) groups excluding carboxylic acids is 1. The van der Waals surface area contributed by atoms with Gasteiger partial charge in [0.25, 0.3) is 5.91 Å². The molecule has 4 nitrogen and oxygen atoms in total. The van der Waals surface area contributed by atoms with Gasteiger partial charge in [-0.1, -0.05) is 29.8 Å². The fraction of sp³-hybridized carbons (Fsp3) is 0.500. The van der Waals surface area contributed by atoms with E-state index in [1.165, 1.54) is 7.11 Å². The molecule has 0 fully saturated rings. The van der Waals surface area contributed by atoms with Crippen LogP contribution in [0, 0.1) is 0 Å². The number of rotatable bonds is 6. The van der Waals surface area contributed by atoms with Crippen molar-refractivity contribution >= 4 is 21.8 Å². The molecule has 0 aliphatic heterocycles. The van der Waals surface area contributed by atoms with Crippen LogP contribution in [0.25, 0.3) is 0 Å². The molecule has 106 valence electrons. The Bertz CT molecular complexity index is 436. The van der Waals surface area contributed by atoms with Crippen molar-refractivity contribution in [2.24, 2.45) is 0 Å². The van der Waals surface area contributed by atoms with Crippen LogP contribution in [0.3, 0.4) is 0 Å². The first-order valence-electron chi connectivity index (χ1n) is 6.28. The van der Waals surface area contributed by atoms with Gasteiger partial charge in [0.1, 0.15) is 5.75 Å². The SMILES string of the molecule is CCC(CC)(CO)NC(=O)c1ccc(Br)cc1OC. The smallest absolute Gasteiger partial charge is 0.255 e. The van der Waals surface area contributed by atoms with Crippen LogP contribution in [0.4, 0.5) is 0 Å². The second-order valence-electron chi connectivity index (χ2n) is 4.44. The number of nitrogens with one attached hydrogen (secondary N) is 1. The summed E-state index contributed by atoms with van der Waals surface area (Å²) in [7, 11) is 1.53. The zero-order chi connectivity index (χ0) is 14.5. The van der Waals surface area contributed by atoms with Gasteiger partial charge in [0, 0.05) is 4.47 Å². The zero-order valence-electron chi connectivity index (χ0n) is 11.5. The summed E-state index contributed by atoms with van der Waals surface area (Å²) in [5, 5.41) is 12.4. The fourth-order valence-electron chi connectivity index (χ4n) is 1.85. The van der Waals surface area contributed by atoms with Crippen LogP contribution in [0.2, 0.25) is 0 Å². The van der Waals surface area contributed by atoms with E-state index >= 15 is 0 Å². The number of hydrogen-bond donors (Lipinski definition) is 2. The highest BCUT2D eigenvalue weighted by molar-refractivity contribution is 9.10. The van der Waals surface area contributed by atoms with E-state index in [0.29, 0.717) is 24.2 Å². The molecule has 1 aromatic rings. The second kappa shape index (κ2) is 6.91. The maximum atomic E-state index is 12.3. The molecule has 0 atom stereocenters. The standard InChI is InChI=1S/C14H20BrNO3/c1-4-14(5-2,9-17)16-13(18)11-7-6-10(15)8-12(11)19-3/h6-8,17H,4-5,9H2,1-3H3,(H,16,18). The summed E-state index contributed by atoms with van der Waals surface area (Å²) < 4.78 is 6.06. The molecular weight excluding hydrogens is 310 g/mol. The Hall–Kier alpha value is -1.07. The topological polar surface area (TPSA) is 58.6 Å². The van der Waals surface area contributed by atoms with Crippen LogP contribution in [0.1, 0.15) is 37.0 Å². The molecule has 0 aromatic heterocycles. The minimum absolute atomic E-state index is 0.0788. The summed E-state index contributed by atoms with van der Waals surface area (Å²) in [5.74, 6) is 0.271. The molecule has 0 aliphatic carbocycles. The Kier molecular flexibility index (Phi) is 5.82. The van der Waals surface area contributed by atoms with E-state index in [1.54, 1.807) is 18.2 Å². The first-order chi connectivity index (χ1) is 9.01. The van der Waals surface area contributed by atoms with Crippen molar-refractivity contribution in [3.05, 3.63) is 28.2 Å². The summed E-state index contributed by atoms with van der Waals surface area (Å²) >= 11 is 3.34. The molecule has 1 aromatic carbocycles. The summed E-state index contributed by atoms with van der Waals surface area (Å²) in [4.78, 5) is 12.3.